The third kappa shape index (κ3) is 2.69. The van der Waals surface area contributed by atoms with Crippen LogP contribution in [0.1, 0.15) is 18.4 Å². The zero-order valence-electron chi connectivity index (χ0n) is 8.78. The normalized spacial score (nSPS) is 12.9. The van der Waals surface area contributed by atoms with Crippen LogP contribution in [0.4, 0.5) is 0 Å². The van der Waals surface area contributed by atoms with Crippen LogP contribution in [0.25, 0.3) is 0 Å². The minimum atomic E-state index is 0.215. The molecule has 0 bridgehead atoms. The highest BCUT2D eigenvalue weighted by atomic mass is 32.2. The standard InChI is InChI=1S/C11H16OS2/c1-8(7-12)9-4-5-10(13-2)11(6-9)14-3/h4-6,8,12H,7H2,1-3H3. The summed E-state index contributed by atoms with van der Waals surface area (Å²) in [5.74, 6) is 0.233. The van der Waals surface area contributed by atoms with Crippen LogP contribution < -0.4 is 0 Å². The van der Waals surface area contributed by atoms with E-state index < -0.39 is 0 Å². The molecule has 1 atom stereocenters. The van der Waals surface area contributed by atoms with E-state index in [4.69, 9.17) is 5.11 Å². The zero-order valence-corrected chi connectivity index (χ0v) is 10.4. The van der Waals surface area contributed by atoms with E-state index in [2.05, 4.69) is 30.7 Å². The molecule has 0 spiro atoms. The van der Waals surface area contributed by atoms with Crippen LogP contribution in [0, 0.1) is 0 Å². The van der Waals surface area contributed by atoms with Crippen molar-refractivity contribution in [2.45, 2.75) is 22.6 Å². The second-order valence-corrected chi connectivity index (χ2v) is 4.89. The number of aliphatic hydroxyl groups is 1. The van der Waals surface area contributed by atoms with E-state index >= 15 is 0 Å². The van der Waals surface area contributed by atoms with Gasteiger partial charge < -0.3 is 5.11 Å². The van der Waals surface area contributed by atoms with E-state index in [1.54, 1.807) is 23.5 Å². The fourth-order valence-electron chi connectivity index (χ4n) is 1.26. The van der Waals surface area contributed by atoms with Crippen molar-refractivity contribution in [1.82, 2.24) is 0 Å². The van der Waals surface area contributed by atoms with E-state index in [0.717, 1.165) is 0 Å². The number of benzene rings is 1. The topological polar surface area (TPSA) is 20.2 Å². The molecular weight excluding hydrogens is 212 g/mol. The van der Waals surface area contributed by atoms with Crippen molar-refractivity contribution < 1.29 is 5.11 Å². The summed E-state index contributed by atoms with van der Waals surface area (Å²) in [6.07, 6.45) is 4.17. The summed E-state index contributed by atoms with van der Waals surface area (Å²) in [5.41, 5.74) is 1.22. The van der Waals surface area contributed by atoms with Gasteiger partial charge in [0.2, 0.25) is 0 Å². The molecule has 0 heterocycles. The van der Waals surface area contributed by atoms with Gasteiger partial charge in [-0.05, 0) is 30.2 Å². The van der Waals surface area contributed by atoms with E-state index in [-0.39, 0.29) is 12.5 Å². The van der Waals surface area contributed by atoms with E-state index in [0.29, 0.717) is 0 Å². The van der Waals surface area contributed by atoms with Crippen molar-refractivity contribution in [2.24, 2.45) is 0 Å². The summed E-state index contributed by atoms with van der Waals surface area (Å²) in [7, 11) is 0. The van der Waals surface area contributed by atoms with Crippen molar-refractivity contribution in [2.75, 3.05) is 19.1 Å². The molecule has 0 radical (unpaired) electrons. The Labute approximate surface area is 94.3 Å². The van der Waals surface area contributed by atoms with Gasteiger partial charge in [-0.2, -0.15) is 0 Å². The molecule has 0 aliphatic rings. The van der Waals surface area contributed by atoms with Gasteiger partial charge >= 0.3 is 0 Å². The summed E-state index contributed by atoms with van der Waals surface area (Å²) < 4.78 is 0. The molecule has 1 unspecified atom stereocenters. The average molecular weight is 228 g/mol. The fourth-order valence-corrected chi connectivity index (χ4v) is 2.75. The number of rotatable bonds is 4. The van der Waals surface area contributed by atoms with E-state index in [1.165, 1.54) is 15.4 Å². The van der Waals surface area contributed by atoms with Crippen LogP contribution in [0.15, 0.2) is 28.0 Å². The Morgan fingerprint density at radius 2 is 1.86 bits per heavy atom. The van der Waals surface area contributed by atoms with Crippen LogP contribution in [0.3, 0.4) is 0 Å². The maximum Gasteiger partial charge on any atom is 0.0497 e. The molecule has 14 heavy (non-hydrogen) atoms. The van der Waals surface area contributed by atoms with Gasteiger partial charge in [-0.3, -0.25) is 0 Å². The third-order valence-corrected chi connectivity index (χ3v) is 3.95. The number of aliphatic hydroxyl groups excluding tert-OH is 1. The van der Waals surface area contributed by atoms with Gasteiger partial charge in [-0.25, -0.2) is 0 Å². The van der Waals surface area contributed by atoms with Crippen LogP contribution in [-0.4, -0.2) is 24.2 Å². The molecule has 0 aliphatic carbocycles. The van der Waals surface area contributed by atoms with Crippen molar-refractivity contribution >= 4 is 23.5 Å². The SMILES string of the molecule is CSc1ccc(C(C)CO)cc1SC. The van der Waals surface area contributed by atoms with Gasteiger partial charge in [0, 0.05) is 22.3 Å². The first kappa shape index (κ1) is 12.0. The van der Waals surface area contributed by atoms with Crippen LogP contribution >= 0.6 is 23.5 Å². The third-order valence-electron chi connectivity index (χ3n) is 2.25. The molecule has 3 heteroatoms. The Balaban J connectivity index is 3.01. The van der Waals surface area contributed by atoms with Gasteiger partial charge in [0.05, 0.1) is 0 Å². The first-order chi connectivity index (χ1) is 6.72. The van der Waals surface area contributed by atoms with Gasteiger partial charge in [0.25, 0.3) is 0 Å². The second-order valence-electron chi connectivity index (χ2n) is 3.20. The van der Waals surface area contributed by atoms with Gasteiger partial charge in [-0.1, -0.05) is 13.0 Å². The number of hydrogen-bond donors (Lipinski definition) is 1. The summed E-state index contributed by atoms with van der Waals surface area (Å²) in [5, 5.41) is 9.07. The molecule has 0 amide bonds. The molecule has 1 rings (SSSR count). The average Bonchev–Trinajstić information content (AvgIpc) is 2.26. The monoisotopic (exact) mass is 228 g/mol. The smallest absolute Gasteiger partial charge is 0.0497 e. The lowest BCUT2D eigenvalue weighted by atomic mass is 10.0. The van der Waals surface area contributed by atoms with E-state index in [9.17, 15) is 0 Å². The van der Waals surface area contributed by atoms with Crippen LogP contribution in [-0.2, 0) is 0 Å². The lowest BCUT2D eigenvalue weighted by Gasteiger charge is -2.11. The summed E-state index contributed by atoms with van der Waals surface area (Å²) in [4.78, 5) is 2.61. The Hall–Kier alpha value is -0.120. The molecule has 1 aromatic carbocycles. The summed E-state index contributed by atoms with van der Waals surface area (Å²) in [6, 6.07) is 6.42. The highest BCUT2D eigenvalue weighted by molar-refractivity contribution is 8.01. The Bertz CT molecular complexity index is 299. The lowest BCUT2D eigenvalue weighted by Crippen LogP contribution is -1.98. The largest absolute Gasteiger partial charge is 0.396 e. The highest BCUT2D eigenvalue weighted by Gasteiger charge is 2.07. The Morgan fingerprint density at radius 3 is 2.36 bits per heavy atom. The first-order valence-electron chi connectivity index (χ1n) is 4.55. The maximum atomic E-state index is 9.07. The van der Waals surface area contributed by atoms with Crippen molar-refractivity contribution in [3.63, 3.8) is 0 Å². The molecule has 1 aromatic rings. The predicted octanol–water partition coefficient (Wildman–Crippen LogP) is 3.23. The number of thioether (sulfide) groups is 2. The number of hydrogen-bond acceptors (Lipinski definition) is 3. The summed E-state index contributed by atoms with van der Waals surface area (Å²) in [6.45, 7) is 2.25. The molecule has 0 aromatic heterocycles. The lowest BCUT2D eigenvalue weighted by molar-refractivity contribution is 0.273. The highest BCUT2D eigenvalue weighted by Crippen LogP contribution is 2.30. The van der Waals surface area contributed by atoms with Gasteiger partial charge in [-0.15, -0.1) is 23.5 Å². The molecular formula is C11H16OS2. The predicted molar refractivity (Wildman–Crippen MR) is 65.5 cm³/mol. The maximum absolute atomic E-state index is 9.07. The molecule has 0 saturated heterocycles. The van der Waals surface area contributed by atoms with Crippen LogP contribution in [0.5, 0.6) is 0 Å². The van der Waals surface area contributed by atoms with Gasteiger partial charge in [0.15, 0.2) is 0 Å². The van der Waals surface area contributed by atoms with E-state index in [1.807, 2.05) is 6.92 Å². The molecule has 78 valence electrons. The quantitative estimate of drug-likeness (QED) is 0.799. The summed E-state index contributed by atoms with van der Waals surface area (Å²) >= 11 is 3.52. The van der Waals surface area contributed by atoms with Crippen molar-refractivity contribution in [3.05, 3.63) is 23.8 Å². The first-order valence-corrected chi connectivity index (χ1v) is 7.00. The minimum absolute atomic E-state index is 0.215. The Morgan fingerprint density at radius 1 is 1.21 bits per heavy atom. The van der Waals surface area contributed by atoms with Gasteiger partial charge in [0.1, 0.15) is 0 Å². The molecule has 0 saturated carbocycles. The molecule has 0 aliphatic heterocycles. The molecule has 1 nitrogen and oxygen atoms in total. The fraction of sp³-hybridized carbons (Fsp3) is 0.455. The minimum Gasteiger partial charge on any atom is -0.396 e. The molecule has 1 N–H and O–H groups in total. The Kier molecular flexibility index (Phi) is 4.85. The second kappa shape index (κ2) is 5.69. The molecule has 0 fully saturated rings. The van der Waals surface area contributed by atoms with Crippen molar-refractivity contribution in [3.8, 4) is 0 Å². The zero-order chi connectivity index (χ0) is 10.6. The van der Waals surface area contributed by atoms with Crippen molar-refractivity contribution in [1.29, 1.82) is 0 Å². The van der Waals surface area contributed by atoms with Crippen LogP contribution in [0.2, 0.25) is 0 Å².